The SMILES string of the molecule is CCOCC(=O)N1CCSC(C)(C)C1. The predicted molar refractivity (Wildman–Crippen MR) is 59.6 cm³/mol. The van der Waals surface area contributed by atoms with Crippen molar-refractivity contribution in [2.45, 2.75) is 25.5 Å². The molecule has 0 bridgehead atoms. The van der Waals surface area contributed by atoms with Crippen molar-refractivity contribution in [3.05, 3.63) is 0 Å². The molecule has 1 aliphatic heterocycles. The molecule has 0 spiro atoms. The van der Waals surface area contributed by atoms with Crippen LogP contribution in [0.3, 0.4) is 0 Å². The number of thioether (sulfide) groups is 1. The highest BCUT2D eigenvalue weighted by Crippen LogP contribution is 2.29. The van der Waals surface area contributed by atoms with Gasteiger partial charge in [0.2, 0.25) is 5.91 Å². The molecule has 1 heterocycles. The third-order valence-electron chi connectivity index (χ3n) is 2.21. The van der Waals surface area contributed by atoms with Gasteiger partial charge in [0.25, 0.3) is 0 Å². The van der Waals surface area contributed by atoms with Crippen molar-refractivity contribution in [3.8, 4) is 0 Å². The van der Waals surface area contributed by atoms with Crippen LogP contribution in [-0.4, -0.2) is 47.6 Å². The zero-order chi connectivity index (χ0) is 10.6. The van der Waals surface area contributed by atoms with E-state index in [1.807, 2.05) is 23.6 Å². The van der Waals surface area contributed by atoms with Crippen molar-refractivity contribution >= 4 is 17.7 Å². The Balaban J connectivity index is 2.40. The van der Waals surface area contributed by atoms with Gasteiger partial charge in [0.15, 0.2) is 0 Å². The van der Waals surface area contributed by atoms with Crippen molar-refractivity contribution in [2.24, 2.45) is 0 Å². The maximum absolute atomic E-state index is 11.6. The van der Waals surface area contributed by atoms with E-state index in [0.29, 0.717) is 6.61 Å². The summed E-state index contributed by atoms with van der Waals surface area (Å²) >= 11 is 1.93. The number of ether oxygens (including phenoxy) is 1. The van der Waals surface area contributed by atoms with E-state index in [1.165, 1.54) is 0 Å². The Bertz CT molecular complexity index is 206. The zero-order valence-corrected chi connectivity index (χ0v) is 10.0. The van der Waals surface area contributed by atoms with Crippen molar-refractivity contribution in [2.75, 3.05) is 32.1 Å². The first-order valence-electron chi connectivity index (χ1n) is 5.04. The fourth-order valence-corrected chi connectivity index (χ4v) is 2.62. The van der Waals surface area contributed by atoms with E-state index in [0.717, 1.165) is 18.8 Å². The summed E-state index contributed by atoms with van der Waals surface area (Å²) in [5.74, 6) is 1.16. The van der Waals surface area contributed by atoms with Crippen molar-refractivity contribution in [1.29, 1.82) is 0 Å². The van der Waals surface area contributed by atoms with E-state index in [9.17, 15) is 4.79 Å². The van der Waals surface area contributed by atoms with Gasteiger partial charge in [-0.05, 0) is 20.8 Å². The van der Waals surface area contributed by atoms with Gasteiger partial charge in [-0.1, -0.05) is 0 Å². The average molecular weight is 217 g/mol. The van der Waals surface area contributed by atoms with Crippen LogP contribution in [0.5, 0.6) is 0 Å². The van der Waals surface area contributed by atoms with Crippen molar-refractivity contribution in [3.63, 3.8) is 0 Å². The number of hydrogen-bond donors (Lipinski definition) is 0. The number of nitrogens with zero attached hydrogens (tertiary/aromatic N) is 1. The van der Waals surface area contributed by atoms with Crippen LogP contribution in [0.2, 0.25) is 0 Å². The van der Waals surface area contributed by atoms with Gasteiger partial charge >= 0.3 is 0 Å². The number of rotatable bonds is 3. The molecule has 0 saturated carbocycles. The van der Waals surface area contributed by atoms with Gasteiger partial charge in [-0.15, -0.1) is 0 Å². The molecule has 1 fully saturated rings. The molecular formula is C10H19NO2S. The Labute approximate surface area is 90.2 Å². The van der Waals surface area contributed by atoms with Gasteiger partial charge in [-0.25, -0.2) is 0 Å². The second-order valence-electron chi connectivity index (χ2n) is 4.06. The quantitative estimate of drug-likeness (QED) is 0.715. The largest absolute Gasteiger partial charge is 0.372 e. The Hall–Kier alpha value is -0.220. The highest BCUT2D eigenvalue weighted by Gasteiger charge is 2.29. The Morgan fingerprint density at radius 3 is 2.86 bits per heavy atom. The summed E-state index contributed by atoms with van der Waals surface area (Å²) in [5.41, 5.74) is 0. The molecule has 0 aromatic rings. The fourth-order valence-electron chi connectivity index (χ4n) is 1.51. The molecule has 1 rings (SSSR count). The molecule has 82 valence electrons. The highest BCUT2D eigenvalue weighted by atomic mass is 32.2. The lowest BCUT2D eigenvalue weighted by Crippen LogP contribution is -2.47. The average Bonchev–Trinajstić information content (AvgIpc) is 2.12. The molecule has 0 N–H and O–H groups in total. The molecule has 3 nitrogen and oxygen atoms in total. The molecule has 0 unspecified atom stereocenters. The van der Waals surface area contributed by atoms with Crippen LogP contribution in [0.1, 0.15) is 20.8 Å². The van der Waals surface area contributed by atoms with Crippen LogP contribution in [0.15, 0.2) is 0 Å². The highest BCUT2D eigenvalue weighted by molar-refractivity contribution is 8.00. The lowest BCUT2D eigenvalue weighted by atomic mass is 10.2. The standard InChI is InChI=1S/C10H19NO2S/c1-4-13-7-9(12)11-5-6-14-10(2,3)8-11/h4-8H2,1-3H3. The van der Waals surface area contributed by atoms with Crippen molar-refractivity contribution in [1.82, 2.24) is 4.90 Å². The van der Waals surface area contributed by atoms with Crippen molar-refractivity contribution < 1.29 is 9.53 Å². The first-order valence-corrected chi connectivity index (χ1v) is 6.03. The molecule has 0 aromatic heterocycles. The first kappa shape index (κ1) is 11.9. The third-order valence-corrected chi connectivity index (χ3v) is 3.51. The molecular weight excluding hydrogens is 198 g/mol. The number of amides is 1. The van der Waals surface area contributed by atoms with E-state index in [1.54, 1.807) is 0 Å². The smallest absolute Gasteiger partial charge is 0.248 e. The normalized spacial score (nSPS) is 20.9. The zero-order valence-electron chi connectivity index (χ0n) is 9.21. The summed E-state index contributed by atoms with van der Waals surface area (Å²) in [6, 6.07) is 0. The Morgan fingerprint density at radius 2 is 2.29 bits per heavy atom. The van der Waals surface area contributed by atoms with Gasteiger partial charge in [-0.2, -0.15) is 11.8 Å². The van der Waals surface area contributed by atoms with Crippen LogP contribution in [0.4, 0.5) is 0 Å². The maximum atomic E-state index is 11.6. The first-order chi connectivity index (χ1) is 6.55. The van der Waals surface area contributed by atoms with E-state index >= 15 is 0 Å². The molecule has 4 heteroatoms. The van der Waals surface area contributed by atoms with E-state index in [-0.39, 0.29) is 17.3 Å². The van der Waals surface area contributed by atoms with Crippen LogP contribution < -0.4 is 0 Å². The summed E-state index contributed by atoms with van der Waals surface area (Å²) in [7, 11) is 0. The molecule has 1 aliphatic rings. The molecule has 1 amide bonds. The minimum Gasteiger partial charge on any atom is -0.372 e. The van der Waals surface area contributed by atoms with Crippen LogP contribution >= 0.6 is 11.8 Å². The summed E-state index contributed by atoms with van der Waals surface area (Å²) in [6.45, 7) is 8.80. The Kier molecular flexibility index (Phi) is 4.26. The minimum absolute atomic E-state index is 0.125. The van der Waals surface area contributed by atoms with E-state index in [2.05, 4.69) is 13.8 Å². The molecule has 1 saturated heterocycles. The maximum Gasteiger partial charge on any atom is 0.248 e. The van der Waals surface area contributed by atoms with Gasteiger partial charge in [0.1, 0.15) is 6.61 Å². The monoisotopic (exact) mass is 217 g/mol. The van der Waals surface area contributed by atoms with Gasteiger partial charge in [-0.3, -0.25) is 4.79 Å². The van der Waals surface area contributed by atoms with Crippen LogP contribution in [0.25, 0.3) is 0 Å². The fraction of sp³-hybridized carbons (Fsp3) is 0.900. The molecule has 0 radical (unpaired) electrons. The topological polar surface area (TPSA) is 29.5 Å². The van der Waals surface area contributed by atoms with Gasteiger partial charge in [0, 0.05) is 30.2 Å². The van der Waals surface area contributed by atoms with Gasteiger partial charge < -0.3 is 9.64 Å². The Morgan fingerprint density at radius 1 is 1.57 bits per heavy atom. The second-order valence-corrected chi connectivity index (χ2v) is 5.86. The lowest BCUT2D eigenvalue weighted by Gasteiger charge is -2.37. The van der Waals surface area contributed by atoms with Crippen LogP contribution in [-0.2, 0) is 9.53 Å². The number of carbonyl (C=O) groups excluding carboxylic acids is 1. The summed E-state index contributed by atoms with van der Waals surface area (Å²) < 4.78 is 5.31. The predicted octanol–water partition coefficient (Wildman–Crippen LogP) is 1.38. The van der Waals surface area contributed by atoms with E-state index < -0.39 is 0 Å². The number of hydrogen-bond acceptors (Lipinski definition) is 3. The molecule has 14 heavy (non-hydrogen) atoms. The molecule has 0 aromatic carbocycles. The van der Waals surface area contributed by atoms with E-state index in [4.69, 9.17) is 4.74 Å². The molecule has 0 aliphatic carbocycles. The lowest BCUT2D eigenvalue weighted by molar-refractivity contribution is -0.136. The minimum atomic E-state index is 0.125. The summed E-state index contributed by atoms with van der Waals surface area (Å²) in [5, 5.41) is 0. The summed E-state index contributed by atoms with van der Waals surface area (Å²) in [6.07, 6.45) is 0. The third kappa shape index (κ3) is 3.50. The van der Waals surface area contributed by atoms with Crippen LogP contribution in [0, 0.1) is 0 Å². The number of carbonyl (C=O) groups is 1. The van der Waals surface area contributed by atoms with Gasteiger partial charge in [0.05, 0.1) is 0 Å². The molecule has 0 atom stereocenters. The summed E-state index contributed by atoms with van der Waals surface area (Å²) in [4.78, 5) is 13.5. The second kappa shape index (κ2) is 5.03.